The Kier molecular flexibility index (Phi) is 5.45. The summed E-state index contributed by atoms with van der Waals surface area (Å²) >= 11 is 6.09. The fraction of sp³-hybridized carbons (Fsp3) is 0.176. The Hall–Kier alpha value is -2.71. The topological polar surface area (TPSA) is 71.3 Å². The highest BCUT2D eigenvalue weighted by Gasteiger charge is 2.15. The summed E-state index contributed by atoms with van der Waals surface area (Å²) in [5.41, 5.74) is 1.75. The van der Waals surface area contributed by atoms with Gasteiger partial charge in [-0.25, -0.2) is 0 Å². The first-order chi connectivity index (χ1) is 11.1. The molecule has 1 N–H and O–H groups in total. The van der Waals surface area contributed by atoms with Gasteiger partial charge in [0.15, 0.2) is 11.5 Å². The Balaban J connectivity index is 2.14. The van der Waals surface area contributed by atoms with Crippen LogP contribution < -0.4 is 14.8 Å². The van der Waals surface area contributed by atoms with Crippen molar-refractivity contribution in [1.82, 2.24) is 5.32 Å². The molecular weight excluding hydrogens is 316 g/mol. The summed E-state index contributed by atoms with van der Waals surface area (Å²) in [5.74, 6) is 0.472. The SMILES string of the molecule is COc1cc(C(=O)NCc2cccc(C#N)c2)cc(Cl)c1OC. The van der Waals surface area contributed by atoms with Gasteiger partial charge in [-0.3, -0.25) is 4.79 Å². The van der Waals surface area contributed by atoms with Crippen LogP contribution in [0.1, 0.15) is 21.5 Å². The Morgan fingerprint density at radius 1 is 1.26 bits per heavy atom. The molecule has 0 aliphatic heterocycles. The molecule has 0 bridgehead atoms. The number of hydrogen-bond acceptors (Lipinski definition) is 4. The van der Waals surface area contributed by atoms with E-state index < -0.39 is 0 Å². The third-order valence-corrected chi connectivity index (χ3v) is 3.49. The molecule has 0 aliphatic carbocycles. The molecule has 0 spiro atoms. The molecule has 0 saturated carbocycles. The van der Waals surface area contributed by atoms with Gasteiger partial charge < -0.3 is 14.8 Å². The standard InChI is InChI=1S/C17H15ClN2O3/c1-22-15-8-13(7-14(18)16(15)23-2)17(21)20-10-12-5-3-4-11(6-12)9-19/h3-8H,10H2,1-2H3,(H,20,21). The predicted molar refractivity (Wildman–Crippen MR) is 86.9 cm³/mol. The highest BCUT2D eigenvalue weighted by Crippen LogP contribution is 2.35. The van der Waals surface area contributed by atoms with Gasteiger partial charge in [0, 0.05) is 12.1 Å². The molecule has 1 amide bonds. The summed E-state index contributed by atoms with van der Waals surface area (Å²) in [6, 6.07) is 12.2. The molecule has 0 aromatic heterocycles. The van der Waals surface area contributed by atoms with E-state index in [-0.39, 0.29) is 5.91 Å². The van der Waals surface area contributed by atoms with Gasteiger partial charge in [-0.15, -0.1) is 0 Å². The zero-order valence-corrected chi connectivity index (χ0v) is 13.5. The van der Waals surface area contributed by atoms with Crippen LogP contribution in [0, 0.1) is 11.3 Å². The van der Waals surface area contributed by atoms with Crippen LogP contribution in [0.3, 0.4) is 0 Å². The van der Waals surface area contributed by atoms with E-state index in [1.165, 1.54) is 20.3 Å². The zero-order chi connectivity index (χ0) is 16.8. The van der Waals surface area contributed by atoms with Gasteiger partial charge in [0.1, 0.15) is 0 Å². The number of benzene rings is 2. The molecule has 5 nitrogen and oxygen atoms in total. The minimum absolute atomic E-state index is 0.295. The van der Waals surface area contributed by atoms with Gasteiger partial charge >= 0.3 is 0 Å². The lowest BCUT2D eigenvalue weighted by atomic mass is 10.1. The smallest absolute Gasteiger partial charge is 0.251 e. The first kappa shape index (κ1) is 16.7. The molecule has 0 fully saturated rings. The first-order valence-corrected chi connectivity index (χ1v) is 7.15. The number of ether oxygens (including phenoxy) is 2. The maximum absolute atomic E-state index is 12.3. The second-order valence-electron chi connectivity index (χ2n) is 4.69. The number of hydrogen-bond donors (Lipinski definition) is 1. The van der Waals surface area contributed by atoms with E-state index in [0.717, 1.165) is 5.56 Å². The number of carbonyl (C=O) groups excluding carboxylic acids is 1. The first-order valence-electron chi connectivity index (χ1n) is 6.77. The number of methoxy groups -OCH3 is 2. The van der Waals surface area contributed by atoms with Crippen LogP contribution in [0.2, 0.25) is 5.02 Å². The number of nitrogens with one attached hydrogen (secondary N) is 1. The molecule has 2 rings (SSSR count). The van der Waals surface area contributed by atoms with Gasteiger partial charge in [-0.1, -0.05) is 23.7 Å². The molecule has 0 heterocycles. The molecule has 0 atom stereocenters. The predicted octanol–water partition coefficient (Wildman–Crippen LogP) is 3.16. The number of nitriles is 1. The lowest BCUT2D eigenvalue weighted by Crippen LogP contribution is -2.22. The van der Waals surface area contributed by atoms with Gasteiger partial charge in [0.2, 0.25) is 0 Å². The molecule has 6 heteroatoms. The van der Waals surface area contributed by atoms with E-state index in [4.69, 9.17) is 26.3 Å². The van der Waals surface area contributed by atoms with Crippen LogP contribution >= 0.6 is 11.6 Å². The third-order valence-electron chi connectivity index (χ3n) is 3.20. The monoisotopic (exact) mass is 330 g/mol. The third kappa shape index (κ3) is 3.93. The van der Waals surface area contributed by atoms with Crippen LogP contribution in [0.4, 0.5) is 0 Å². The molecule has 0 saturated heterocycles. The molecule has 118 valence electrons. The minimum Gasteiger partial charge on any atom is -0.493 e. The Labute approximate surface area is 139 Å². The van der Waals surface area contributed by atoms with Crippen LogP contribution in [-0.2, 0) is 6.54 Å². The molecule has 0 unspecified atom stereocenters. The number of amides is 1. The van der Waals surface area contributed by atoms with Crippen molar-refractivity contribution in [2.75, 3.05) is 14.2 Å². The molecular formula is C17H15ClN2O3. The van der Waals surface area contributed by atoms with Crippen LogP contribution in [-0.4, -0.2) is 20.1 Å². The van der Waals surface area contributed by atoms with E-state index in [2.05, 4.69) is 11.4 Å². The van der Waals surface area contributed by atoms with Crippen molar-refractivity contribution in [2.45, 2.75) is 6.54 Å². The largest absolute Gasteiger partial charge is 0.493 e. The van der Waals surface area contributed by atoms with Gasteiger partial charge in [-0.2, -0.15) is 5.26 Å². The van der Waals surface area contributed by atoms with E-state index in [1.54, 1.807) is 24.3 Å². The van der Waals surface area contributed by atoms with Gasteiger partial charge in [0.05, 0.1) is 30.9 Å². The van der Waals surface area contributed by atoms with Crippen LogP contribution in [0.5, 0.6) is 11.5 Å². The fourth-order valence-corrected chi connectivity index (χ4v) is 2.37. The molecule has 0 aliphatic rings. The summed E-state index contributed by atoms with van der Waals surface area (Å²) in [6.45, 7) is 0.306. The second-order valence-corrected chi connectivity index (χ2v) is 5.10. The van der Waals surface area contributed by atoms with Crippen molar-refractivity contribution in [1.29, 1.82) is 5.26 Å². The van der Waals surface area contributed by atoms with Crippen molar-refractivity contribution >= 4 is 17.5 Å². The van der Waals surface area contributed by atoms with E-state index >= 15 is 0 Å². The van der Waals surface area contributed by atoms with E-state index in [0.29, 0.717) is 34.2 Å². The normalized spacial score (nSPS) is 9.83. The summed E-state index contributed by atoms with van der Waals surface area (Å²) in [5, 5.41) is 12.0. The van der Waals surface area contributed by atoms with Crippen LogP contribution in [0.15, 0.2) is 36.4 Å². The molecule has 0 radical (unpaired) electrons. The number of rotatable bonds is 5. The summed E-state index contributed by atoms with van der Waals surface area (Å²) < 4.78 is 10.3. The molecule has 2 aromatic carbocycles. The lowest BCUT2D eigenvalue weighted by Gasteiger charge is -2.12. The lowest BCUT2D eigenvalue weighted by molar-refractivity contribution is 0.0950. The fourth-order valence-electron chi connectivity index (χ4n) is 2.08. The number of halogens is 1. The Morgan fingerprint density at radius 2 is 2.04 bits per heavy atom. The van der Waals surface area contributed by atoms with Crippen molar-refractivity contribution in [3.63, 3.8) is 0 Å². The quantitative estimate of drug-likeness (QED) is 0.914. The summed E-state index contributed by atoms with van der Waals surface area (Å²) in [4.78, 5) is 12.3. The number of nitrogens with zero attached hydrogens (tertiary/aromatic N) is 1. The zero-order valence-electron chi connectivity index (χ0n) is 12.7. The maximum Gasteiger partial charge on any atom is 0.251 e. The second kappa shape index (κ2) is 7.52. The highest BCUT2D eigenvalue weighted by atomic mass is 35.5. The highest BCUT2D eigenvalue weighted by molar-refractivity contribution is 6.32. The molecule has 2 aromatic rings. The van der Waals surface area contributed by atoms with Crippen molar-refractivity contribution in [3.8, 4) is 17.6 Å². The van der Waals surface area contributed by atoms with Gasteiger partial charge in [0.25, 0.3) is 5.91 Å². The minimum atomic E-state index is -0.296. The van der Waals surface area contributed by atoms with Crippen LogP contribution in [0.25, 0.3) is 0 Å². The van der Waals surface area contributed by atoms with E-state index in [9.17, 15) is 4.79 Å². The average Bonchev–Trinajstić information content (AvgIpc) is 2.58. The average molecular weight is 331 g/mol. The summed E-state index contributed by atoms with van der Waals surface area (Å²) in [6.07, 6.45) is 0. The Morgan fingerprint density at radius 3 is 2.70 bits per heavy atom. The summed E-state index contributed by atoms with van der Waals surface area (Å²) in [7, 11) is 2.95. The van der Waals surface area contributed by atoms with Crippen molar-refractivity contribution in [2.24, 2.45) is 0 Å². The van der Waals surface area contributed by atoms with Crippen molar-refractivity contribution in [3.05, 3.63) is 58.1 Å². The van der Waals surface area contributed by atoms with Gasteiger partial charge in [-0.05, 0) is 29.8 Å². The molecule has 23 heavy (non-hydrogen) atoms. The Bertz CT molecular complexity index is 769. The maximum atomic E-state index is 12.3. The van der Waals surface area contributed by atoms with Crippen molar-refractivity contribution < 1.29 is 14.3 Å². The van der Waals surface area contributed by atoms with E-state index in [1.807, 2.05) is 6.07 Å². The number of carbonyl (C=O) groups is 1.